The molecule has 0 aliphatic rings. The maximum absolute atomic E-state index is 12.6. The fraction of sp³-hybridized carbons (Fsp3) is 0.389. The number of ether oxygens (including phenoxy) is 2. The molecule has 0 aliphatic carbocycles. The highest BCUT2D eigenvalue weighted by atomic mass is 16.5. The Morgan fingerprint density at radius 2 is 1.91 bits per heavy atom. The van der Waals surface area contributed by atoms with Crippen LogP contribution in [0.15, 0.2) is 41.0 Å². The Kier molecular flexibility index (Phi) is 5.68. The minimum absolute atomic E-state index is 0.0383. The molecule has 1 N–H and O–H groups in total. The van der Waals surface area contributed by atoms with Crippen molar-refractivity contribution in [3.63, 3.8) is 0 Å². The molecule has 0 saturated heterocycles. The lowest BCUT2D eigenvalue weighted by Gasteiger charge is -2.21. The van der Waals surface area contributed by atoms with Gasteiger partial charge in [-0.3, -0.25) is 4.79 Å². The van der Waals surface area contributed by atoms with Gasteiger partial charge in [-0.2, -0.15) is 0 Å². The molecule has 5 heteroatoms. The Hall–Kier alpha value is -2.43. The molecule has 0 aliphatic heterocycles. The van der Waals surface area contributed by atoms with Crippen molar-refractivity contribution < 1.29 is 18.7 Å². The van der Waals surface area contributed by atoms with E-state index in [1.807, 2.05) is 38.1 Å². The highest BCUT2D eigenvalue weighted by Crippen LogP contribution is 2.33. The Balaban J connectivity index is 2.18. The SMILES string of the molecule is COc1ccc(C(C(=O)NCc2ccco2)C(C)C)cc1OC. The first-order valence-corrected chi connectivity index (χ1v) is 7.58. The third-order valence-corrected chi connectivity index (χ3v) is 3.73. The summed E-state index contributed by atoms with van der Waals surface area (Å²) in [7, 11) is 3.18. The van der Waals surface area contributed by atoms with Gasteiger partial charge in [-0.05, 0) is 35.7 Å². The van der Waals surface area contributed by atoms with Gasteiger partial charge in [-0.25, -0.2) is 0 Å². The number of carbonyl (C=O) groups excluding carboxylic acids is 1. The molecule has 124 valence electrons. The molecular formula is C18H23NO4. The van der Waals surface area contributed by atoms with E-state index in [0.717, 1.165) is 11.3 Å². The van der Waals surface area contributed by atoms with Gasteiger partial charge in [0.25, 0.3) is 0 Å². The summed E-state index contributed by atoms with van der Waals surface area (Å²) in [4.78, 5) is 12.6. The molecule has 2 rings (SSSR count). The van der Waals surface area contributed by atoms with Crippen molar-refractivity contribution in [3.8, 4) is 11.5 Å². The number of furan rings is 1. The molecule has 23 heavy (non-hydrogen) atoms. The molecule has 2 aromatic rings. The van der Waals surface area contributed by atoms with Crippen LogP contribution in [-0.2, 0) is 11.3 Å². The number of hydrogen-bond donors (Lipinski definition) is 1. The van der Waals surface area contributed by atoms with Crippen molar-refractivity contribution in [2.45, 2.75) is 26.3 Å². The van der Waals surface area contributed by atoms with Crippen molar-refractivity contribution in [2.24, 2.45) is 5.92 Å². The average molecular weight is 317 g/mol. The van der Waals surface area contributed by atoms with E-state index >= 15 is 0 Å². The normalized spacial score (nSPS) is 12.0. The van der Waals surface area contributed by atoms with Crippen LogP contribution in [0.5, 0.6) is 11.5 Å². The van der Waals surface area contributed by atoms with Gasteiger partial charge < -0.3 is 19.2 Å². The van der Waals surface area contributed by atoms with Gasteiger partial charge in [0.15, 0.2) is 11.5 Å². The van der Waals surface area contributed by atoms with E-state index < -0.39 is 0 Å². The van der Waals surface area contributed by atoms with E-state index in [1.165, 1.54) is 0 Å². The standard InChI is InChI=1S/C18H23NO4/c1-12(2)17(18(20)19-11-14-6-5-9-23-14)13-7-8-15(21-3)16(10-13)22-4/h5-10,12,17H,11H2,1-4H3,(H,19,20). The van der Waals surface area contributed by atoms with Gasteiger partial charge in [-0.15, -0.1) is 0 Å². The predicted octanol–water partition coefficient (Wildman–Crippen LogP) is 3.35. The second-order valence-electron chi connectivity index (χ2n) is 5.63. The van der Waals surface area contributed by atoms with Crippen LogP contribution in [0, 0.1) is 5.92 Å². The summed E-state index contributed by atoms with van der Waals surface area (Å²) < 4.78 is 15.8. The number of nitrogens with one attached hydrogen (secondary N) is 1. The molecule has 1 aromatic heterocycles. The molecule has 1 aromatic carbocycles. The second kappa shape index (κ2) is 7.72. The average Bonchev–Trinajstić information content (AvgIpc) is 3.06. The van der Waals surface area contributed by atoms with Crippen LogP contribution in [0.2, 0.25) is 0 Å². The zero-order valence-corrected chi connectivity index (χ0v) is 14.0. The minimum Gasteiger partial charge on any atom is -0.493 e. The molecular weight excluding hydrogens is 294 g/mol. The van der Waals surface area contributed by atoms with E-state index in [4.69, 9.17) is 13.9 Å². The van der Waals surface area contributed by atoms with Gasteiger partial charge in [0.2, 0.25) is 5.91 Å². The molecule has 1 unspecified atom stereocenters. The fourth-order valence-corrected chi connectivity index (χ4v) is 2.58. The lowest BCUT2D eigenvalue weighted by molar-refractivity contribution is -0.123. The second-order valence-corrected chi connectivity index (χ2v) is 5.63. The largest absolute Gasteiger partial charge is 0.493 e. The molecule has 1 atom stereocenters. The summed E-state index contributed by atoms with van der Waals surface area (Å²) in [5, 5.41) is 2.93. The van der Waals surface area contributed by atoms with Crippen LogP contribution in [0.4, 0.5) is 0 Å². The molecule has 1 amide bonds. The molecule has 0 radical (unpaired) electrons. The van der Waals surface area contributed by atoms with E-state index in [0.29, 0.717) is 18.0 Å². The predicted molar refractivity (Wildman–Crippen MR) is 87.7 cm³/mol. The van der Waals surface area contributed by atoms with Crippen molar-refractivity contribution >= 4 is 5.91 Å². The summed E-state index contributed by atoms with van der Waals surface area (Å²) >= 11 is 0. The highest BCUT2D eigenvalue weighted by Gasteiger charge is 2.25. The van der Waals surface area contributed by atoms with Crippen molar-refractivity contribution in [2.75, 3.05) is 14.2 Å². The molecule has 5 nitrogen and oxygen atoms in total. The van der Waals surface area contributed by atoms with E-state index in [1.54, 1.807) is 26.5 Å². The molecule has 0 fully saturated rings. The Labute approximate surface area is 136 Å². The quantitative estimate of drug-likeness (QED) is 0.850. The minimum atomic E-state index is -0.273. The van der Waals surface area contributed by atoms with Crippen molar-refractivity contribution in [3.05, 3.63) is 47.9 Å². The maximum Gasteiger partial charge on any atom is 0.228 e. The van der Waals surface area contributed by atoms with Gasteiger partial charge in [0.1, 0.15) is 5.76 Å². The molecule has 0 spiro atoms. The Morgan fingerprint density at radius 3 is 2.48 bits per heavy atom. The number of rotatable bonds is 7. The third kappa shape index (κ3) is 4.06. The van der Waals surface area contributed by atoms with Gasteiger partial charge in [0, 0.05) is 0 Å². The van der Waals surface area contributed by atoms with Crippen molar-refractivity contribution in [1.29, 1.82) is 0 Å². The number of methoxy groups -OCH3 is 2. The van der Waals surface area contributed by atoms with Crippen LogP contribution >= 0.6 is 0 Å². The third-order valence-electron chi connectivity index (χ3n) is 3.73. The summed E-state index contributed by atoms with van der Waals surface area (Å²) in [5.74, 6) is 1.83. The number of carbonyl (C=O) groups is 1. The lowest BCUT2D eigenvalue weighted by atomic mass is 9.87. The smallest absolute Gasteiger partial charge is 0.228 e. The van der Waals surface area contributed by atoms with Crippen LogP contribution in [0.3, 0.4) is 0 Å². The van der Waals surface area contributed by atoms with Crippen molar-refractivity contribution in [1.82, 2.24) is 5.32 Å². The van der Waals surface area contributed by atoms with Gasteiger partial charge >= 0.3 is 0 Å². The summed E-state index contributed by atoms with van der Waals surface area (Å²) in [6.07, 6.45) is 1.59. The molecule has 1 heterocycles. The lowest BCUT2D eigenvalue weighted by Crippen LogP contribution is -2.31. The first kappa shape index (κ1) is 16.9. The highest BCUT2D eigenvalue weighted by molar-refractivity contribution is 5.84. The van der Waals surface area contributed by atoms with E-state index in [-0.39, 0.29) is 17.7 Å². The Bertz CT molecular complexity index is 634. The Morgan fingerprint density at radius 1 is 1.17 bits per heavy atom. The number of benzene rings is 1. The zero-order chi connectivity index (χ0) is 16.8. The molecule has 0 saturated carbocycles. The van der Waals surface area contributed by atoms with E-state index in [2.05, 4.69) is 5.32 Å². The van der Waals surface area contributed by atoms with Gasteiger partial charge in [-0.1, -0.05) is 19.9 Å². The number of hydrogen-bond acceptors (Lipinski definition) is 4. The zero-order valence-electron chi connectivity index (χ0n) is 14.0. The molecule has 0 bridgehead atoms. The van der Waals surface area contributed by atoms with Gasteiger partial charge in [0.05, 0.1) is 32.9 Å². The fourth-order valence-electron chi connectivity index (χ4n) is 2.58. The first-order chi connectivity index (χ1) is 11.1. The maximum atomic E-state index is 12.6. The number of amides is 1. The summed E-state index contributed by atoms with van der Waals surface area (Å²) in [6.45, 7) is 4.42. The van der Waals surface area contributed by atoms with E-state index in [9.17, 15) is 4.79 Å². The monoisotopic (exact) mass is 317 g/mol. The first-order valence-electron chi connectivity index (χ1n) is 7.58. The van der Waals surface area contributed by atoms with Crippen LogP contribution in [0.25, 0.3) is 0 Å². The van der Waals surface area contributed by atoms with Crippen LogP contribution in [-0.4, -0.2) is 20.1 Å². The van der Waals surface area contributed by atoms with Crippen LogP contribution < -0.4 is 14.8 Å². The topological polar surface area (TPSA) is 60.7 Å². The summed E-state index contributed by atoms with van der Waals surface area (Å²) in [6, 6.07) is 9.22. The van der Waals surface area contributed by atoms with Crippen LogP contribution in [0.1, 0.15) is 31.1 Å². The summed E-state index contributed by atoms with van der Waals surface area (Å²) in [5.41, 5.74) is 0.898.